The fraction of sp³-hybridized carbons (Fsp3) is 0.263. The second kappa shape index (κ2) is 7.55. The topological polar surface area (TPSA) is 91.6 Å². The Morgan fingerprint density at radius 1 is 1.04 bits per heavy atom. The lowest BCUT2D eigenvalue weighted by atomic mass is 10.2. The largest absolute Gasteiger partial charge is 0.487 e. The molecule has 0 fully saturated rings. The van der Waals surface area contributed by atoms with Crippen molar-refractivity contribution in [2.75, 3.05) is 25.7 Å². The second-order valence-electron chi connectivity index (χ2n) is 6.06. The van der Waals surface area contributed by atoms with Crippen molar-refractivity contribution in [2.45, 2.75) is 13.2 Å². The molecule has 0 saturated heterocycles. The van der Waals surface area contributed by atoms with Crippen molar-refractivity contribution >= 4 is 11.7 Å². The summed E-state index contributed by atoms with van der Waals surface area (Å²) in [5.41, 5.74) is 1.17. The highest BCUT2D eigenvalue weighted by molar-refractivity contribution is 6.05. The molecule has 28 heavy (non-hydrogen) atoms. The Kier molecular flexibility index (Phi) is 4.79. The van der Waals surface area contributed by atoms with Crippen molar-refractivity contribution in [1.29, 1.82) is 0 Å². The first-order valence-corrected chi connectivity index (χ1v) is 8.71. The maximum atomic E-state index is 13.0. The summed E-state index contributed by atoms with van der Waals surface area (Å²) in [6.07, 6.45) is 0. The van der Waals surface area contributed by atoms with Gasteiger partial charge in [-0.15, -0.1) is 0 Å². The Labute approximate surface area is 161 Å². The highest BCUT2D eigenvalue weighted by Gasteiger charge is 2.29. The number of anilines is 1. The van der Waals surface area contributed by atoms with E-state index in [1.807, 2.05) is 30.3 Å². The van der Waals surface area contributed by atoms with Gasteiger partial charge in [0.15, 0.2) is 0 Å². The number of amides is 1. The van der Waals surface area contributed by atoms with Crippen LogP contribution in [-0.2, 0) is 13.2 Å². The van der Waals surface area contributed by atoms with Crippen LogP contribution in [0.25, 0.3) is 0 Å². The normalized spacial score (nSPS) is 13.2. The van der Waals surface area contributed by atoms with Gasteiger partial charge in [0.25, 0.3) is 5.91 Å². The lowest BCUT2D eigenvalue weighted by molar-refractivity contribution is 0.0961. The maximum Gasteiger partial charge on any atom is 0.321 e. The van der Waals surface area contributed by atoms with Crippen molar-refractivity contribution in [2.24, 2.45) is 0 Å². The fourth-order valence-corrected chi connectivity index (χ4v) is 2.94. The molecule has 0 bridgehead atoms. The summed E-state index contributed by atoms with van der Waals surface area (Å²) < 4.78 is 17.7. The summed E-state index contributed by atoms with van der Waals surface area (Å²) in [5.74, 6) is 1.29. The van der Waals surface area contributed by atoms with E-state index in [4.69, 9.17) is 14.2 Å². The highest BCUT2D eigenvalue weighted by Crippen LogP contribution is 2.25. The van der Waals surface area contributed by atoms with Crippen molar-refractivity contribution < 1.29 is 19.0 Å². The van der Waals surface area contributed by atoms with Crippen molar-refractivity contribution in [3.8, 4) is 17.6 Å². The number of hydrogen-bond acceptors (Lipinski definition) is 7. The molecule has 3 aromatic rings. The number of carbonyl (C=O) groups is 1. The third kappa shape index (κ3) is 3.46. The Hall–Kier alpha value is -3.62. The summed E-state index contributed by atoms with van der Waals surface area (Å²) >= 11 is 0. The van der Waals surface area contributed by atoms with Crippen LogP contribution in [0.5, 0.6) is 17.6 Å². The van der Waals surface area contributed by atoms with Crippen LogP contribution in [0.1, 0.15) is 16.2 Å². The van der Waals surface area contributed by atoms with E-state index in [9.17, 15) is 4.79 Å². The van der Waals surface area contributed by atoms with Crippen molar-refractivity contribution in [3.05, 3.63) is 53.9 Å². The molecule has 0 spiro atoms. The van der Waals surface area contributed by atoms with Gasteiger partial charge in [-0.1, -0.05) is 18.2 Å². The van der Waals surface area contributed by atoms with Crippen LogP contribution in [0.3, 0.4) is 0 Å². The molecule has 1 aliphatic heterocycles. The Morgan fingerprint density at radius 2 is 1.86 bits per heavy atom. The number of carbonyl (C=O) groups excluding carboxylic acids is 1. The molecule has 1 aliphatic rings. The van der Waals surface area contributed by atoms with Crippen LogP contribution < -0.4 is 19.1 Å². The molecule has 9 nitrogen and oxygen atoms in total. The van der Waals surface area contributed by atoms with Gasteiger partial charge in [0, 0.05) is 12.6 Å². The number of ether oxygens (including phenoxy) is 3. The van der Waals surface area contributed by atoms with E-state index in [1.54, 1.807) is 21.7 Å². The average molecular weight is 381 g/mol. The summed E-state index contributed by atoms with van der Waals surface area (Å²) in [6, 6.07) is 13.0. The lowest BCUT2D eigenvalue weighted by Crippen LogP contribution is -2.41. The maximum absolute atomic E-state index is 13.0. The Balaban J connectivity index is 1.55. The second-order valence-corrected chi connectivity index (χ2v) is 6.06. The van der Waals surface area contributed by atoms with E-state index in [2.05, 4.69) is 15.1 Å². The number of fused-ring (bicyclic) bond motifs is 1. The molecule has 0 radical (unpaired) electrons. The van der Waals surface area contributed by atoms with E-state index in [1.165, 1.54) is 14.2 Å². The quantitative estimate of drug-likeness (QED) is 0.644. The summed E-state index contributed by atoms with van der Waals surface area (Å²) in [4.78, 5) is 22.9. The van der Waals surface area contributed by atoms with Gasteiger partial charge in [-0.2, -0.15) is 15.1 Å². The molecule has 0 atom stereocenters. The van der Waals surface area contributed by atoms with Gasteiger partial charge in [0.2, 0.25) is 5.88 Å². The summed E-state index contributed by atoms with van der Waals surface area (Å²) in [6.45, 7) is 1.25. The predicted molar refractivity (Wildman–Crippen MR) is 99.8 cm³/mol. The first kappa shape index (κ1) is 17.8. The number of hydrogen-bond donors (Lipinski definition) is 0. The van der Waals surface area contributed by atoms with E-state index < -0.39 is 0 Å². The van der Waals surface area contributed by atoms with Crippen LogP contribution in [0, 0.1) is 0 Å². The fourth-order valence-electron chi connectivity index (χ4n) is 2.94. The SMILES string of the molecule is COc1cc(N2CCn3nc(COc4ccccc4)cc3C2=O)nc(OC)n1. The third-order valence-electron chi connectivity index (χ3n) is 4.30. The van der Waals surface area contributed by atoms with E-state index in [-0.39, 0.29) is 18.5 Å². The van der Waals surface area contributed by atoms with E-state index >= 15 is 0 Å². The van der Waals surface area contributed by atoms with Gasteiger partial charge in [-0.05, 0) is 18.2 Å². The first-order valence-electron chi connectivity index (χ1n) is 8.71. The first-order chi connectivity index (χ1) is 13.7. The van der Waals surface area contributed by atoms with Crippen LogP contribution in [0.15, 0.2) is 42.5 Å². The summed E-state index contributed by atoms with van der Waals surface area (Å²) in [7, 11) is 2.96. The number of benzene rings is 1. The molecule has 144 valence electrons. The highest BCUT2D eigenvalue weighted by atomic mass is 16.5. The zero-order chi connectivity index (χ0) is 19.5. The minimum Gasteiger partial charge on any atom is -0.487 e. The summed E-state index contributed by atoms with van der Waals surface area (Å²) in [5, 5.41) is 4.47. The van der Waals surface area contributed by atoms with Crippen molar-refractivity contribution in [1.82, 2.24) is 19.7 Å². The van der Waals surface area contributed by atoms with Gasteiger partial charge >= 0.3 is 6.01 Å². The Bertz CT molecular complexity index is 967. The van der Waals surface area contributed by atoms with Gasteiger partial charge in [0.1, 0.15) is 29.6 Å². The molecule has 2 aromatic heterocycles. The minimum absolute atomic E-state index is 0.137. The number of nitrogens with zero attached hydrogens (tertiary/aromatic N) is 5. The van der Waals surface area contributed by atoms with Crippen LogP contribution in [-0.4, -0.2) is 46.4 Å². The number of aromatic nitrogens is 4. The molecule has 3 heterocycles. The van der Waals surface area contributed by atoms with Gasteiger partial charge in [0.05, 0.1) is 20.8 Å². The molecule has 0 saturated carbocycles. The molecule has 4 rings (SSSR count). The minimum atomic E-state index is -0.201. The molecule has 9 heteroatoms. The zero-order valence-corrected chi connectivity index (χ0v) is 15.5. The van der Waals surface area contributed by atoms with E-state index in [0.717, 1.165) is 5.75 Å². The Morgan fingerprint density at radius 3 is 2.61 bits per heavy atom. The van der Waals surface area contributed by atoms with Crippen molar-refractivity contribution in [3.63, 3.8) is 0 Å². The average Bonchev–Trinajstić information content (AvgIpc) is 3.17. The monoisotopic (exact) mass is 381 g/mol. The smallest absolute Gasteiger partial charge is 0.321 e. The molecule has 1 amide bonds. The van der Waals surface area contributed by atoms with Gasteiger partial charge in [-0.3, -0.25) is 14.4 Å². The van der Waals surface area contributed by atoms with Gasteiger partial charge < -0.3 is 14.2 Å². The molecule has 0 N–H and O–H groups in total. The number of para-hydroxylation sites is 1. The zero-order valence-electron chi connectivity index (χ0n) is 15.5. The molecule has 1 aromatic carbocycles. The molecular weight excluding hydrogens is 362 g/mol. The van der Waals surface area contributed by atoms with Crippen LogP contribution in [0.2, 0.25) is 0 Å². The molecule has 0 aliphatic carbocycles. The lowest BCUT2D eigenvalue weighted by Gasteiger charge is -2.26. The molecule has 0 unspecified atom stereocenters. The standard InChI is InChI=1S/C19H19N5O4/c1-26-17-11-16(20-19(21-17)27-2)23-8-9-24-15(18(23)25)10-13(22-24)12-28-14-6-4-3-5-7-14/h3-7,10-11H,8-9,12H2,1-2H3. The molecular formula is C19H19N5O4. The van der Waals surface area contributed by atoms with Crippen LogP contribution >= 0.6 is 0 Å². The van der Waals surface area contributed by atoms with Crippen LogP contribution in [0.4, 0.5) is 5.82 Å². The van der Waals surface area contributed by atoms with E-state index in [0.29, 0.717) is 36.2 Å². The number of methoxy groups -OCH3 is 2. The predicted octanol–water partition coefficient (Wildman–Crippen LogP) is 1.93. The third-order valence-corrected chi connectivity index (χ3v) is 4.30. The van der Waals surface area contributed by atoms with Gasteiger partial charge in [-0.25, -0.2) is 0 Å². The number of rotatable bonds is 6.